The topological polar surface area (TPSA) is 76.0 Å². The van der Waals surface area contributed by atoms with Crippen LogP contribution < -0.4 is 0 Å². The van der Waals surface area contributed by atoms with Crippen LogP contribution in [-0.4, -0.2) is 48.2 Å². The van der Waals surface area contributed by atoms with E-state index in [1.807, 2.05) is 6.08 Å². The van der Waals surface area contributed by atoms with Gasteiger partial charge < -0.3 is 19.7 Å². The van der Waals surface area contributed by atoms with Crippen molar-refractivity contribution in [1.82, 2.24) is 0 Å². The zero-order valence-corrected chi connectivity index (χ0v) is 18.4. The minimum atomic E-state index is -0.987. The van der Waals surface area contributed by atoms with Crippen LogP contribution in [0.25, 0.3) is 5.57 Å². The highest BCUT2D eigenvalue weighted by molar-refractivity contribution is 5.74. The van der Waals surface area contributed by atoms with Gasteiger partial charge in [-0.2, -0.15) is 0 Å². The number of aliphatic hydroxyl groups excluding tert-OH is 2. The van der Waals surface area contributed by atoms with Crippen molar-refractivity contribution < 1.29 is 28.9 Å². The SMILES string of the molecule is COC(=O)CC(O)CC(O)C=CC1=C(c2ccc(F)cc2)CC(C)(OC)CC1(C)C. The van der Waals surface area contributed by atoms with Gasteiger partial charge >= 0.3 is 5.97 Å². The van der Waals surface area contributed by atoms with E-state index in [4.69, 9.17) is 4.74 Å². The molecule has 1 aromatic carbocycles. The molecule has 0 saturated heterocycles. The van der Waals surface area contributed by atoms with Crippen molar-refractivity contribution in [2.45, 2.75) is 64.3 Å². The molecule has 3 atom stereocenters. The molecule has 2 N–H and O–H groups in total. The standard InChI is InChI=1S/C24H33FO5/c1-23(2)15-24(3,30-5)14-20(16-6-8-17(25)9-7-16)21(23)11-10-18(26)12-19(27)13-22(28)29-4/h6-11,18-19,26-27H,12-15H2,1-5H3. The van der Waals surface area contributed by atoms with Gasteiger partial charge in [0, 0.05) is 20.0 Å². The van der Waals surface area contributed by atoms with E-state index >= 15 is 0 Å². The monoisotopic (exact) mass is 420 g/mol. The summed E-state index contributed by atoms with van der Waals surface area (Å²) in [5.74, 6) is -0.816. The lowest BCUT2D eigenvalue weighted by Gasteiger charge is -2.44. The third-order valence-electron chi connectivity index (χ3n) is 5.73. The molecular formula is C24H33FO5. The summed E-state index contributed by atoms with van der Waals surface area (Å²) in [4.78, 5) is 11.3. The van der Waals surface area contributed by atoms with Gasteiger partial charge in [0.25, 0.3) is 0 Å². The molecule has 1 aliphatic rings. The number of carbonyl (C=O) groups is 1. The Morgan fingerprint density at radius 3 is 2.40 bits per heavy atom. The van der Waals surface area contributed by atoms with Crippen molar-refractivity contribution in [2.75, 3.05) is 14.2 Å². The lowest BCUT2D eigenvalue weighted by molar-refractivity contribution is -0.143. The maximum atomic E-state index is 13.5. The van der Waals surface area contributed by atoms with Gasteiger partial charge in [-0.1, -0.05) is 38.1 Å². The minimum absolute atomic E-state index is 0.0287. The predicted molar refractivity (Wildman–Crippen MR) is 114 cm³/mol. The molecule has 3 unspecified atom stereocenters. The van der Waals surface area contributed by atoms with E-state index in [1.54, 1.807) is 25.3 Å². The van der Waals surface area contributed by atoms with Gasteiger partial charge in [-0.25, -0.2) is 4.39 Å². The molecular weight excluding hydrogens is 387 g/mol. The summed E-state index contributed by atoms with van der Waals surface area (Å²) in [6.45, 7) is 6.30. The molecule has 0 amide bonds. The summed E-state index contributed by atoms with van der Waals surface area (Å²) in [6.07, 6.45) is 2.90. The highest BCUT2D eigenvalue weighted by atomic mass is 19.1. The van der Waals surface area contributed by atoms with Crippen LogP contribution in [0.1, 0.15) is 52.0 Å². The van der Waals surface area contributed by atoms with Crippen molar-refractivity contribution >= 4 is 11.5 Å². The third kappa shape index (κ3) is 6.24. The molecule has 6 heteroatoms. The van der Waals surface area contributed by atoms with Crippen LogP contribution in [-0.2, 0) is 14.3 Å². The molecule has 166 valence electrons. The van der Waals surface area contributed by atoms with Gasteiger partial charge in [0.05, 0.1) is 31.3 Å². The van der Waals surface area contributed by atoms with Crippen molar-refractivity contribution in [3.05, 3.63) is 53.4 Å². The molecule has 2 rings (SSSR count). The van der Waals surface area contributed by atoms with Crippen molar-refractivity contribution in [3.63, 3.8) is 0 Å². The predicted octanol–water partition coefficient (Wildman–Crippen LogP) is 4.04. The van der Waals surface area contributed by atoms with Crippen molar-refractivity contribution in [3.8, 4) is 0 Å². The molecule has 0 heterocycles. The lowest BCUT2D eigenvalue weighted by atomic mass is 9.65. The maximum absolute atomic E-state index is 13.5. The maximum Gasteiger partial charge on any atom is 0.308 e. The number of ether oxygens (including phenoxy) is 2. The molecule has 0 fully saturated rings. The van der Waals surface area contributed by atoms with Crippen molar-refractivity contribution in [1.29, 1.82) is 0 Å². The van der Waals surface area contributed by atoms with E-state index in [1.165, 1.54) is 19.2 Å². The Morgan fingerprint density at radius 2 is 1.83 bits per heavy atom. The van der Waals surface area contributed by atoms with Gasteiger partial charge in [0.15, 0.2) is 0 Å². The molecule has 0 bridgehead atoms. The number of hydrogen-bond acceptors (Lipinski definition) is 5. The molecule has 0 spiro atoms. The second kappa shape index (κ2) is 9.86. The number of halogens is 1. The van der Waals surface area contributed by atoms with E-state index in [0.717, 1.165) is 23.1 Å². The smallest absolute Gasteiger partial charge is 0.308 e. The first-order valence-corrected chi connectivity index (χ1v) is 10.2. The average molecular weight is 421 g/mol. The Bertz CT molecular complexity index is 796. The van der Waals surface area contributed by atoms with Crippen LogP contribution in [0.4, 0.5) is 4.39 Å². The normalized spacial score (nSPS) is 23.5. The van der Waals surface area contributed by atoms with Crippen LogP contribution >= 0.6 is 0 Å². The van der Waals surface area contributed by atoms with Crippen LogP contribution in [0.15, 0.2) is 42.0 Å². The van der Waals surface area contributed by atoms with Crippen LogP contribution in [0.5, 0.6) is 0 Å². The van der Waals surface area contributed by atoms with Crippen LogP contribution in [0.2, 0.25) is 0 Å². The average Bonchev–Trinajstić information content (AvgIpc) is 2.66. The molecule has 5 nitrogen and oxygen atoms in total. The second-order valence-electron chi connectivity index (χ2n) is 8.89. The van der Waals surface area contributed by atoms with E-state index < -0.39 is 18.2 Å². The lowest BCUT2D eigenvalue weighted by Crippen LogP contribution is -2.39. The van der Waals surface area contributed by atoms with Gasteiger partial charge in [0.1, 0.15) is 5.82 Å². The van der Waals surface area contributed by atoms with E-state index in [-0.39, 0.29) is 29.7 Å². The highest BCUT2D eigenvalue weighted by Gasteiger charge is 2.41. The molecule has 1 aliphatic carbocycles. The van der Waals surface area contributed by atoms with Crippen LogP contribution in [0, 0.1) is 11.2 Å². The number of esters is 1. The molecule has 30 heavy (non-hydrogen) atoms. The number of carbonyl (C=O) groups excluding carboxylic acids is 1. The van der Waals surface area contributed by atoms with E-state index in [2.05, 4.69) is 25.5 Å². The van der Waals surface area contributed by atoms with Crippen molar-refractivity contribution in [2.24, 2.45) is 5.41 Å². The Hall–Kier alpha value is -2.02. The highest BCUT2D eigenvalue weighted by Crippen LogP contribution is 2.49. The number of rotatable bonds is 8. The summed E-state index contributed by atoms with van der Waals surface area (Å²) in [5.41, 5.74) is 2.36. The Balaban J connectivity index is 2.35. The fourth-order valence-electron chi connectivity index (χ4n) is 4.27. The molecule has 0 aromatic heterocycles. The quantitative estimate of drug-likeness (QED) is 0.621. The Kier molecular flexibility index (Phi) is 7.97. The Morgan fingerprint density at radius 1 is 1.20 bits per heavy atom. The Labute approximate surface area is 178 Å². The third-order valence-corrected chi connectivity index (χ3v) is 5.73. The summed E-state index contributed by atoms with van der Waals surface area (Å²) < 4.78 is 23.8. The van der Waals surface area contributed by atoms with Gasteiger partial charge in [-0.05, 0) is 47.6 Å². The largest absolute Gasteiger partial charge is 0.469 e. The van der Waals surface area contributed by atoms with Gasteiger partial charge in [-0.15, -0.1) is 0 Å². The first-order chi connectivity index (χ1) is 14.0. The molecule has 0 aliphatic heterocycles. The van der Waals surface area contributed by atoms with Crippen LogP contribution in [0.3, 0.4) is 0 Å². The number of hydrogen-bond donors (Lipinski definition) is 2. The minimum Gasteiger partial charge on any atom is -0.469 e. The number of allylic oxidation sites excluding steroid dienone is 2. The summed E-state index contributed by atoms with van der Waals surface area (Å²) >= 11 is 0. The van der Waals surface area contributed by atoms with Gasteiger partial charge in [0.2, 0.25) is 0 Å². The molecule has 0 radical (unpaired) electrons. The summed E-state index contributed by atoms with van der Waals surface area (Å²) in [7, 11) is 2.96. The fraction of sp³-hybridized carbons (Fsp3) is 0.542. The molecule has 0 saturated carbocycles. The molecule has 1 aromatic rings. The second-order valence-corrected chi connectivity index (χ2v) is 8.89. The number of benzene rings is 1. The van der Waals surface area contributed by atoms with E-state index in [0.29, 0.717) is 6.42 Å². The number of aliphatic hydroxyl groups is 2. The zero-order chi connectivity index (χ0) is 22.5. The fourth-order valence-corrected chi connectivity index (χ4v) is 4.27. The first kappa shape index (κ1) is 24.3. The van der Waals surface area contributed by atoms with E-state index in [9.17, 15) is 19.4 Å². The summed E-state index contributed by atoms with van der Waals surface area (Å²) in [6, 6.07) is 6.39. The first-order valence-electron chi connectivity index (χ1n) is 10.2. The summed E-state index contributed by atoms with van der Waals surface area (Å²) in [5, 5.41) is 20.3. The number of methoxy groups -OCH3 is 2. The van der Waals surface area contributed by atoms with Gasteiger partial charge in [-0.3, -0.25) is 4.79 Å². The zero-order valence-electron chi connectivity index (χ0n) is 18.4.